The van der Waals surface area contributed by atoms with Gasteiger partial charge in [-0.15, -0.1) is 0 Å². The van der Waals surface area contributed by atoms with Gasteiger partial charge in [-0.25, -0.2) is 9.36 Å². The number of halogens is 1. The van der Waals surface area contributed by atoms with Gasteiger partial charge in [0.2, 0.25) is 11.7 Å². The van der Waals surface area contributed by atoms with Gasteiger partial charge < -0.3 is 9.84 Å². The molecule has 0 saturated carbocycles. The number of aromatic amines is 1. The van der Waals surface area contributed by atoms with Crippen molar-refractivity contribution >= 4 is 0 Å². The standard InChI is InChI=1S/C12H11FN2O4/c1-6-5-7(3-4-8(6)19-2)15-11(17)9(13)10(16)14-12(15)18/h3-5,17H,1-2H3,(H,14,16,18). The molecule has 0 fully saturated rings. The fourth-order valence-corrected chi connectivity index (χ4v) is 1.75. The minimum absolute atomic E-state index is 0.218. The van der Waals surface area contributed by atoms with Crippen molar-refractivity contribution in [2.45, 2.75) is 6.92 Å². The van der Waals surface area contributed by atoms with Gasteiger partial charge in [-0.3, -0.25) is 9.78 Å². The van der Waals surface area contributed by atoms with E-state index >= 15 is 0 Å². The second kappa shape index (κ2) is 4.60. The smallest absolute Gasteiger partial charge is 0.335 e. The number of aromatic hydroxyl groups is 1. The molecule has 1 aromatic heterocycles. The first-order valence-electron chi connectivity index (χ1n) is 5.34. The average molecular weight is 266 g/mol. The third-order valence-electron chi connectivity index (χ3n) is 2.67. The minimum atomic E-state index is -1.41. The van der Waals surface area contributed by atoms with Crippen molar-refractivity contribution < 1.29 is 14.2 Å². The van der Waals surface area contributed by atoms with Gasteiger partial charge in [-0.2, -0.15) is 4.39 Å². The van der Waals surface area contributed by atoms with E-state index in [2.05, 4.69) is 0 Å². The lowest BCUT2D eigenvalue weighted by Crippen LogP contribution is -2.30. The maximum absolute atomic E-state index is 13.3. The normalized spacial score (nSPS) is 10.5. The van der Waals surface area contributed by atoms with E-state index in [0.29, 0.717) is 15.9 Å². The van der Waals surface area contributed by atoms with Crippen molar-refractivity contribution in [3.63, 3.8) is 0 Å². The summed E-state index contributed by atoms with van der Waals surface area (Å²) in [6.45, 7) is 1.73. The molecule has 100 valence electrons. The highest BCUT2D eigenvalue weighted by molar-refractivity contribution is 5.45. The Bertz CT molecular complexity index is 748. The molecule has 1 aromatic carbocycles. The number of rotatable bonds is 2. The molecule has 0 amide bonds. The minimum Gasteiger partial charge on any atom is -0.496 e. The number of aryl methyl sites for hydroxylation is 1. The van der Waals surface area contributed by atoms with Gasteiger partial charge in [0.05, 0.1) is 12.8 Å². The van der Waals surface area contributed by atoms with Crippen LogP contribution in [-0.2, 0) is 0 Å². The number of nitrogens with one attached hydrogen (secondary N) is 1. The van der Waals surface area contributed by atoms with Crippen molar-refractivity contribution in [2.24, 2.45) is 0 Å². The van der Waals surface area contributed by atoms with Crippen LogP contribution in [0, 0.1) is 12.7 Å². The Labute approximate surface area is 106 Å². The van der Waals surface area contributed by atoms with E-state index in [9.17, 15) is 19.1 Å². The average Bonchev–Trinajstić information content (AvgIpc) is 2.36. The Morgan fingerprint density at radius 3 is 2.63 bits per heavy atom. The molecule has 0 aliphatic carbocycles. The van der Waals surface area contributed by atoms with Gasteiger partial charge in [0.1, 0.15) is 5.75 Å². The van der Waals surface area contributed by atoms with E-state index < -0.39 is 22.9 Å². The van der Waals surface area contributed by atoms with Gasteiger partial charge in [-0.05, 0) is 30.7 Å². The molecule has 19 heavy (non-hydrogen) atoms. The van der Waals surface area contributed by atoms with Crippen LogP contribution in [-0.4, -0.2) is 21.8 Å². The zero-order chi connectivity index (χ0) is 14.2. The summed E-state index contributed by atoms with van der Waals surface area (Å²) in [5, 5.41) is 9.57. The fourth-order valence-electron chi connectivity index (χ4n) is 1.75. The highest BCUT2D eigenvalue weighted by atomic mass is 19.1. The lowest BCUT2D eigenvalue weighted by atomic mass is 10.2. The SMILES string of the molecule is COc1ccc(-n2c(O)c(F)c(=O)[nH]c2=O)cc1C. The summed E-state index contributed by atoms with van der Waals surface area (Å²) in [7, 11) is 1.49. The molecule has 1 heterocycles. The largest absolute Gasteiger partial charge is 0.496 e. The van der Waals surface area contributed by atoms with Gasteiger partial charge in [0, 0.05) is 0 Å². The Hall–Kier alpha value is -2.57. The predicted octanol–water partition coefficient (Wildman–Crippen LogP) is 0.688. The summed E-state index contributed by atoms with van der Waals surface area (Å²) in [4.78, 5) is 24.4. The lowest BCUT2D eigenvalue weighted by molar-refractivity contribution is 0.385. The number of H-pyrrole nitrogens is 1. The highest BCUT2D eigenvalue weighted by Gasteiger charge is 2.15. The third-order valence-corrected chi connectivity index (χ3v) is 2.67. The van der Waals surface area contributed by atoms with Gasteiger partial charge in [0.15, 0.2) is 0 Å². The van der Waals surface area contributed by atoms with Gasteiger partial charge in [0.25, 0.3) is 5.56 Å². The molecule has 0 aliphatic heterocycles. The van der Waals surface area contributed by atoms with Crippen LogP contribution < -0.4 is 16.0 Å². The molecule has 0 spiro atoms. The van der Waals surface area contributed by atoms with Crippen LogP contribution in [0.15, 0.2) is 27.8 Å². The maximum Gasteiger partial charge on any atom is 0.335 e. The van der Waals surface area contributed by atoms with Crippen LogP contribution >= 0.6 is 0 Å². The quantitative estimate of drug-likeness (QED) is 0.837. The van der Waals surface area contributed by atoms with Crippen molar-refractivity contribution in [1.29, 1.82) is 0 Å². The number of hydrogen-bond acceptors (Lipinski definition) is 4. The summed E-state index contributed by atoms with van der Waals surface area (Å²) in [6, 6.07) is 4.56. The molecule has 2 N–H and O–H groups in total. The number of benzene rings is 1. The number of hydrogen-bond donors (Lipinski definition) is 2. The van der Waals surface area contributed by atoms with Gasteiger partial charge in [-0.1, -0.05) is 0 Å². The fraction of sp³-hybridized carbons (Fsp3) is 0.167. The second-order valence-corrected chi connectivity index (χ2v) is 3.89. The molecule has 0 atom stereocenters. The predicted molar refractivity (Wildman–Crippen MR) is 65.6 cm³/mol. The summed E-state index contributed by atoms with van der Waals surface area (Å²) >= 11 is 0. The van der Waals surface area contributed by atoms with E-state index in [1.165, 1.54) is 19.2 Å². The number of ether oxygens (including phenoxy) is 1. The molecular formula is C12H11FN2O4. The van der Waals surface area contributed by atoms with Crippen molar-refractivity contribution in [3.05, 3.63) is 50.4 Å². The molecule has 0 radical (unpaired) electrons. The molecule has 7 heteroatoms. The van der Waals surface area contributed by atoms with Crippen molar-refractivity contribution in [3.8, 4) is 17.3 Å². The van der Waals surface area contributed by atoms with Crippen molar-refractivity contribution in [1.82, 2.24) is 9.55 Å². The first kappa shape index (κ1) is 12.9. The van der Waals surface area contributed by atoms with E-state index in [1.807, 2.05) is 0 Å². The summed E-state index contributed by atoms with van der Waals surface area (Å²) in [6.07, 6.45) is 0. The molecule has 0 saturated heterocycles. The Morgan fingerprint density at radius 2 is 2.05 bits per heavy atom. The number of methoxy groups -OCH3 is 1. The van der Waals surface area contributed by atoms with E-state index in [1.54, 1.807) is 18.0 Å². The highest BCUT2D eigenvalue weighted by Crippen LogP contribution is 2.22. The zero-order valence-corrected chi connectivity index (χ0v) is 10.2. The van der Waals surface area contributed by atoms with Crippen LogP contribution in [0.2, 0.25) is 0 Å². The summed E-state index contributed by atoms with van der Waals surface area (Å²) in [5.41, 5.74) is -1.27. The molecule has 2 aromatic rings. The van der Waals surface area contributed by atoms with E-state index in [-0.39, 0.29) is 5.69 Å². The zero-order valence-electron chi connectivity index (χ0n) is 10.2. The lowest BCUT2D eigenvalue weighted by Gasteiger charge is -2.10. The molecule has 0 unspecified atom stereocenters. The number of aromatic nitrogens is 2. The van der Waals surface area contributed by atoms with Crippen LogP contribution in [0.1, 0.15) is 5.56 Å². The molecule has 0 aliphatic rings. The monoisotopic (exact) mass is 266 g/mol. The van der Waals surface area contributed by atoms with Crippen LogP contribution in [0.3, 0.4) is 0 Å². The first-order valence-corrected chi connectivity index (χ1v) is 5.34. The number of nitrogens with zero attached hydrogens (tertiary/aromatic N) is 1. The Morgan fingerprint density at radius 1 is 1.37 bits per heavy atom. The maximum atomic E-state index is 13.3. The Balaban J connectivity index is 2.73. The summed E-state index contributed by atoms with van der Waals surface area (Å²) in [5.74, 6) is -1.85. The van der Waals surface area contributed by atoms with E-state index in [4.69, 9.17) is 4.74 Å². The third kappa shape index (κ3) is 2.10. The Kier molecular flexibility index (Phi) is 3.12. The molecule has 2 rings (SSSR count). The molecule has 0 bridgehead atoms. The topological polar surface area (TPSA) is 84.3 Å². The first-order chi connectivity index (χ1) is 8.95. The van der Waals surface area contributed by atoms with Crippen molar-refractivity contribution in [2.75, 3.05) is 7.11 Å². The van der Waals surface area contributed by atoms with Crippen LogP contribution in [0.5, 0.6) is 11.6 Å². The molecule has 6 nitrogen and oxygen atoms in total. The van der Waals surface area contributed by atoms with Crippen LogP contribution in [0.25, 0.3) is 5.69 Å². The van der Waals surface area contributed by atoms with E-state index in [0.717, 1.165) is 0 Å². The summed E-state index contributed by atoms with van der Waals surface area (Å²) < 4.78 is 19.1. The second-order valence-electron chi connectivity index (χ2n) is 3.89. The van der Waals surface area contributed by atoms with Gasteiger partial charge >= 0.3 is 5.69 Å². The molecular weight excluding hydrogens is 255 g/mol. The van der Waals surface area contributed by atoms with Crippen LogP contribution in [0.4, 0.5) is 4.39 Å².